The first kappa shape index (κ1) is 29.6. The van der Waals surface area contributed by atoms with Crippen LogP contribution in [0.5, 0.6) is 0 Å². The lowest BCUT2D eigenvalue weighted by molar-refractivity contribution is 1.55. The zero-order valence-electron chi connectivity index (χ0n) is 27.6. The molecule has 0 aromatic heterocycles. The predicted octanol–water partition coefficient (Wildman–Crippen LogP) is 14.0. The van der Waals surface area contributed by atoms with Crippen LogP contribution in [0.25, 0.3) is 88.3 Å². The van der Waals surface area contributed by atoms with E-state index in [1.165, 1.54) is 88.3 Å². The van der Waals surface area contributed by atoms with Crippen molar-refractivity contribution in [2.45, 2.75) is 0 Å². The molecule has 0 saturated heterocycles. The Morgan fingerprint density at radius 2 is 0.480 bits per heavy atom. The Kier molecular flexibility index (Phi) is 7.61. The first-order chi connectivity index (χ1) is 24.8. The Morgan fingerprint density at radius 1 is 0.180 bits per heavy atom. The quantitative estimate of drug-likeness (QED) is 0.171. The third kappa shape index (κ3) is 5.68. The van der Waals surface area contributed by atoms with Gasteiger partial charge in [0.25, 0.3) is 0 Å². The highest BCUT2D eigenvalue weighted by Crippen LogP contribution is 2.37. The summed E-state index contributed by atoms with van der Waals surface area (Å²) in [6.45, 7) is 0. The highest BCUT2D eigenvalue weighted by Gasteiger charge is 2.11. The maximum atomic E-state index is 2.34. The smallest absolute Gasteiger partial charge is 0.0105 e. The fraction of sp³-hybridized carbons (Fsp3) is 0. The van der Waals surface area contributed by atoms with E-state index in [0.29, 0.717) is 0 Å². The standard InChI is InChI=1S/C50H34/c1-2-10-35(11-3-1)36-20-22-37(23-21-36)44-32-45(38-24-28-42(29-25-38)49-18-8-14-40-12-4-6-16-47(40)49)34-46(33-44)39-26-30-43(31-27-39)50-19-9-15-41-13-5-7-17-48(41)50/h1-34H. The van der Waals surface area contributed by atoms with E-state index in [9.17, 15) is 0 Å². The van der Waals surface area contributed by atoms with Crippen LogP contribution >= 0.6 is 0 Å². The molecule has 0 saturated carbocycles. The van der Waals surface area contributed by atoms with Gasteiger partial charge < -0.3 is 0 Å². The highest BCUT2D eigenvalue weighted by atomic mass is 14.2. The summed E-state index contributed by atoms with van der Waals surface area (Å²) < 4.78 is 0. The molecule has 0 bridgehead atoms. The molecule has 0 aliphatic carbocycles. The second kappa shape index (κ2) is 12.8. The third-order valence-corrected chi connectivity index (χ3v) is 9.90. The summed E-state index contributed by atoms with van der Waals surface area (Å²) in [6, 6.07) is 75.0. The minimum absolute atomic E-state index is 1.20. The Labute approximate surface area is 293 Å². The van der Waals surface area contributed by atoms with Gasteiger partial charge in [0, 0.05) is 0 Å². The normalized spacial score (nSPS) is 11.2. The maximum absolute atomic E-state index is 2.34. The number of hydrogen-bond donors (Lipinski definition) is 0. The van der Waals surface area contributed by atoms with Crippen molar-refractivity contribution in [3.8, 4) is 66.8 Å². The van der Waals surface area contributed by atoms with E-state index in [2.05, 4.69) is 206 Å². The Hall–Kier alpha value is -6.50. The highest BCUT2D eigenvalue weighted by molar-refractivity contribution is 5.98. The molecule has 9 rings (SSSR count). The number of rotatable bonds is 6. The fourth-order valence-corrected chi connectivity index (χ4v) is 7.25. The molecule has 0 aliphatic rings. The molecule has 9 aromatic carbocycles. The Bertz CT molecular complexity index is 2440. The molecular weight excluding hydrogens is 601 g/mol. The molecule has 0 fully saturated rings. The Balaban J connectivity index is 1.12. The summed E-state index contributed by atoms with van der Waals surface area (Å²) in [5, 5.41) is 5.07. The van der Waals surface area contributed by atoms with E-state index in [1.807, 2.05) is 0 Å². The van der Waals surface area contributed by atoms with Crippen LogP contribution in [0.15, 0.2) is 206 Å². The zero-order valence-corrected chi connectivity index (χ0v) is 27.6. The molecule has 0 atom stereocenters. The van der Waals surface area contributed by atoms with Gasteiger partial charge in [0.05, 0.1) is 0 Å². The molecule has 0 unspecified atom stereocenters. The summed E-state index contributed by atoms with van der Waals surface area (Å²) >= 11 is 0. The van der Waals surface area contributed by atoms with Crippen LogP contribution in [-0.2, 0) is 0 Å². The molecule has 9 aromatic rings. The average molecular weight is 635 g/mol. The number of hydrogen-bond acceptors (Lipinski definition) is 0. The topological polar surface area (TPSA) is 0 Å². The molecule has 50 heavy (non-hydrogen) atoms. The molecule has 0 N–H and O–H groups in total. The maximum Gasteiger partial charge on any atom is -0.0105 e. The zero-order chi connectivity index (χ0) is 33.3. The predicted molar refractivity (Wildman–Crippen MR) is 214 cm³/mol. The minimum atomic E-state index is 1.20. The Morgan fingerprint density at radius 3 is 0.900 bits per heavy atom. The summed E-state index contributed by atoms with van der Waals surface area (Å²) in [6.07, 6.45) is 0. The monoisotopic (exact) mass is 634 g/mol. The van der Waals surface area contributed by atoms with E-state index in [0.717, 1.165) is 0 Å². The summed E-state index contributed by atoms with van der Waals surface area (Å²) in [4.78, 5) is 0. The molecule has 0 nitrogen and oxygen atoms in total. The van der Waals surface area contributed by atoms with Crippen LogP contribution in [0.3, 0.4) is 0 Å². The second-order valence-electron chi connectivity index (χ2n) is 13.0. The van der Waals surface area contributed by atoms with E-state index in [4.69, 9.17) is 0 Å². The molecule has 0 amide bonds. The lowest BCUT2D eigenvalue weighted by Gasteiger charge is -2.14. The van der Waals surface area contributed by atoms with Gasteiger partial charge >= 0.3 is 0 Å². The van der Waals surface area contributed by atoms with Crippen LogP contribution in [0.4, 0.5) is 0 Å². The van der Waals surface area contributed by atoms with Gasteiger partial charge in [0.1, 0.15) is 0 Å². The van der Waals surface area contributed by atoms with Crippen molar-refractivity contribution in [3.05, 3.63) is 206 Å². The van der Waals surface area contributed by atoms with Gasteiger partial charge in [-0.3, -0.25) is 0 Å². The van der Waals surface area contributed by atoms with E-state index in [1.54, 1.807) is 0 Å². The lowest BCUT2D eigenvalue weighted by atomic mass is 9.91. The second-order valence-corrected chi connectivity index (χ2v) is 13.0. The molecule has 234 valence electrons. The van der Waals surface area contributed by atoms with Gasteiger partial charge in [-0.2, -0.15) is 0 Å². The molecular formula is C50H34. The molecule has 0 heteroatoms. The lowest BCUT2D eigenvalue weighted by Crippen LogP contribution is -1.88. The summed E-state index contributed by atoms with van der Waals surface area (Å²) in [5.41, 5.74) is 14.6. The van der Waals surface area contributed by atoms with Crippen molar-refractivity contribution in [2.24, 2.45) is 0 Å². The van der Waals surface area contributed by atoms with Gasteiger partial charge in [-0.1, -0.05) is 188 Å². The van der Waals surface area contributed by atoms with Gasteiger partial charge in [0.15, 0.2) is 0 Å². The van der Waals surface area contributed by atoms with Crippen LogP contribution in [0, 0.1) is 0 Å². The van der Waals surface area contributed by atoms with E-state index in [-0.39, 0.29) is 0 Å². The fourth-order valence-electron chi connectivity index (χ4n) is 7.25. The van der Waals surface area contributed by atoms with Crippen LogP contribution < -0.4 is 0 Å². The largest absolute Gasteiger partial charge is 0.0622 e. The number of benzene rings is 9. The SMILES string of the molecule is c1ccc(-c2ccc(-c3cc(-c4ccc(-c5cccc6ccccc56)cc4)cc(-c4ccc(-c5cccc6ccccc56)cc4)c3)cc2)cc1. The molecule has 0 spiro atoms. The van der Waals surface area contributed by atoms with Crippen LogP contribution in [0.1, 0.15) is 0 Å². The van der Waals surface area contributed by atoms with Crippen molar-refractivity contribution < 1.29 is 0 Å². The average Bonchev–Trinajstić information content (AvgIpc) is 3.21. The third-order valence-electron chi connectivity index (χ3n) is 9.90. The summed E-state index contributed by atoms with van der Waals surface area (Å²) in [7, 11) is 0. The van der Waals surface area contributed by atoms with Crippen LogP contribution in [-0.4, -0.2) is 0 Å². The molecule has 0 aliphatic heterocycles. The van der Waals surface area contributed by atoms with Crippen molar-refractivity contribution in [1.82, 2.24) is 0 Å². The van der Waals surface area contributed by atoms with Crippen molar-refractivity contribution >= 4 is 21.5 Å². The van der Waals surface area contributed by atoms with Crippen molar-refractivity contribution in [3.63, 3.8) is 0 Å². The van der Waals surface area contributed by atoms with Crippen molar-refractivity contribution in [2.75, 3.05) is 0 Å². The van der Waals surface area contributed by atoms with Crippen molar-refractivity contribution in [1.29, 1.82) is 0 Å². The first-order valence-electron chi connectivity index (χ1n) is 17.2. The molecule has 0 heterocycles. The van der Waals surface area contributed by atoms with Gasteiger partial charge in [-0.25, -0.2) is 0 Å². The minimum Gasteiger partial charge on any atom is -0.0622 e. The van der Waals surface area contributed by atoms with Gasteiger partial charge in [-0.05, 0) is 107 Å². The molecule has 0 radical (unpaired) electrons. The van der Waals surface area contributed by atoms with Gasteiger partial charge in [-0.15, -0.1) is 0 Å². The summed E-state index contributed by atoms with van der Waals surface area (Å²) in [5.74, 6) is 0. The van der Waals surface area contributed by atoms with E-state index >= 15 is 0 Å². The number of fused-ring (bicyclic) bond motifs is 2. The first-order valence-corrected chi connectivity index (χ1v) is 17.2. The van der Waals surface area contributed by atoms with E-state index < -0.39 is 0 Å². The van der Waals surface area contributed by atoms with Gasteiger partial charge in [0.2, 0.25) is 0 Å². The van der Waals surface area contributed by atoms with Crippen LogP contribution in [0.2, 0.25) is 0 Å².